The highest BCUT2D eigenvalue weighted by Crippen LogP contribution is 2.29. The number of aryl methyl sites for hydroxylation is 1. The number of halogens is 3. The zero-order valence-corrected chi connectivity index (χ0v) is 14.2. The smallest absolute Gasteiger partial charge is 0.394 e. The van der Waals surface area contributed by atoms with Crippen molar-refractivity contribution in [1.82, 2.24) is 0 Å². The van der Waals surface area contributed by atoms with Gasteiger partial charge in [0.05, 0.1) is 5.56 Å². The van der Waals surface area contributed by atoms with Crippen molar-refractivity contribution >= 4 is 9.28 Å². The lowest BCUT2D eigenvalue weighted by molar-refractivity contribution is -0.137. The molecule has 1 aromatic rings. The third-order valence-corrected chi connectivity index (χ3v) is 5.19. The first-order chi connectivity index (χ1) is 10.5. The summed E-state index contributed by atoms with van der Waals surface area (Å²) in [5.41, 5.74) is 0.179. The third kappa shape index (κ3) is 7.42. The lowest BCUT2D eigenvalue weighted by atomic mass is 10.0. The molecule has 0 aliphatic heterocycles. The van der Waals surface area contributed by atoms with Gasteiger partial charge >= 0.3 is 15.5 Å². The molecule has 0 saturated heterocycles. The SMILES string of the molecule is CCO[Si](CCCCCc1cccc(C(F)(F)F)c1)OCC. The molecule has 0 spiro atoms. The van der Waals surface area contributed by atoms with E-state index in [0.717, 1.165) is 36.9 Å². The number of hydrogen-bond donors (Lipinski definition) is 0. The highest BCUT2D eigenvalue weighted by molar-refractivity contribution is 6.44. The second-order valence-corrected chi connectivity index (χ2v) is 6.82. The zero-order valence-electron chi connectivity index (χ0n) is 13.2. The summed E-state index contributed by atoms with van der Waals surface area (Å²) in [7, 11) is -1.17. The van der Waals surface area contributed by atoms with Crippen LogP contribution in [0, 0.1) is 0 Å². The van der Waals surface area contributed by atoms with E-state index in [1.54, 1.807) is 6.07 Å². The van der Waals surface area contributed by atoms with Gasteiger partial charge in [-0.15, -0.1) is 0 Å². The van der Waals surface area contributed by atoms with Crippen molar-refractivity contribution in [2.45, 2.75) is 51.8 Å². The van der Waals surface area contributed by atoms with E-state index >= 15 is 0 Å². The Labute approximate surface area is 132 Å². The Morgan fingerprint density at radius 1 is 1.00 bits per heavy atom. The first-order valence-electron chi connectivity index (χ1n) is 7.75. The van der Waals surface area contributed by atoms with Gasteiger partial charge in [0.25, 0.3) is 0 Å². The first kappa shape index (κ1) is 19.2. The molecule has 2 nitrogen and oxygen atoms in total. The lowest BCUT2D eigenvalue weighted by Crippen LogP contribution is -2.22. The summed E-state index contributed by atoms with van der Waals surface area (Å²) in [6, 6.07) is 6.52. The van der Waals surface area contributed by atoms with Gasteiger partial charge in [-0.2, -0.15) is 13.2 Å². The van der Waals surface area contributed by atoms with E-state index in [0.29, 0.717) is 19.6 Å². The first-order valence-corrected chi connectivity index (χ1v) is 9.27. The topological polar surface area (TPSA) is 18.5 Å². The fourth-order valence-corrected chi connectivity index (χ4v) is 3.74. The van der Waals surface area contributed by atoms with E-state index in [-0.39, 0.29) is 0 Å². The Hall–Kier alpha value is -0.853. The molecule has 0 aromatic heterocycles. The fourth-order valence-electron chi connectivity index (χ4n) is 2.19. The van der Waals surface area contributed by atoms with Crippen LogP contribution in [0.4, 0.5) is 13.2 Å². The van der Waals surface area contributed by atoms with Crippen molar-refractivity contribution in [3.8, 4) is 0 Å². The van der Waals surface area contributed by atoms with Gasteiger partial charge < -0.3 is 8.85 Å². The van der Waals surface area contributed by atoms with Crippen molar-refractivity contribution in [3.63, 3.8) is 0 Å². The predicted octanol–water partition coefficient (Wildman–Crippen LogP) is 4.98. The van der Waals surface area contributed by atoms with Crippen molar-refractivity contribution in [3.05, 3.63) is 35.4 Å². The van der Waals surface area contributed by atoms with Crippen LogP contribution in [0.5, 0.6) is 0 Å². The van der Waals surface area contributed by atoms with E-state index in [1.807, 2.05) is 13.8 Å². The number of hydrogen-bond acceptors (Lipinski definition) is 2. The molecule has 1 aromatic carbocycles. The van der Waals surface area contributed by atoms with Crippen molar-refractivity contribution in [2.75, 3.05) is 13.2 Å². The van der Waals surface area contributed by atoms with Gasteiger partial charge in [-0.25, -0.2) is 0 Å². The van der Waals surface area contributed by atoms with Crippen LogP contribution >= 0.6 is 0 Å². The van der Waals surface area contributed by atoms with Gasteiger partial charge in [0.15, 0.2) is 0 Å². The molecule has 0 bridgehead atoms. The quantitative estimate of drug-likeness (QED) is 0.444. The Balaban J connectivity index is 2.30. The van der Waals surface area contributed by atoms with E-state index in [9.17, 15) is 13.2 Å². The highest BCUT2D eigenvalue weighted by Gasteiger charge is 2.30. The summed E-state index contributed by atoms with van der Waals surface area (Å²) in [5, 5.41) is 0. The van der Waals surface area contributed by atoms with Crippen molar-refractivity contribution in [2.24, 2.45) is 0 Å². The van der Waals surface area contributed by atoms with Crippen LogP contribution in [0.25, 0.3) is 0 Å². The van der Waals surface area contributed by atoms with E-state index in [2.05, 4.69) is 0 Å². The lowest BCUT2D eigenvalue weighted by Gasteiger charge is -2.13. The molecule has 0 N–H and O–H groups in total. The number of rotatable bonds is 10. The molecule has 0 fully saturated rings. The van der Waals surface area contributed by atoms with Crippen LogP contribution in [0.15, 0.2) is 24.3 Å². The normalized spacial score (nSPS) is 12.1. The minimum atomic E-state index is -4.26. The minimum Gasteiger partial charge on any atom is -0.394 e. The maximum Gasteiger partial charge on any atom is 0.416 e. The van der Waals surface area contributed by atoms with Gasteiger partial charge in [0, 0.05) is 13.2 Å². The standard InChI is InChI=1S/C16H24F3O2Si/c1-3-20-22(21-4-2)12-7-5-6-9-14-10-8-11-15(13-14)16(17,18)19/h8,10-11,13H,3-7,9,12H2,1-2H3. The minimum absolute atomic E-state index is 0.566. The monoisotopic (exact) mass is 333 g/mol. The van der Waals surface area contributed by atoms with Gasteiger partial charge in [0.2, 0.25) is 0 Å². The van der Waals surface area contributed by atoms with Crippen molar-refractivity contribution < 1.29 is 22.0 Å². The molecule has 125 valence electrons. The Bertz CT molecular complexity index is 418. The van der Waals surface area contributed by atoms with Crippen LogP contribution < -0.4 is 0 Å². The van der Waals surface area contributed by atoms with Gasteiger partial charge in [-0.1, -0.05) is 31.0 Å². The summed E-state index contributed by atoms with van der Waals surface area (Å²) in [5.74, 6) is 0. The van der Waals surface area contributed by atoms with Gasteiger partial charge in [-0.3, -0.25) is 0 Å². The predicted molar refractivity (Wildman–Crippen MR) is 82.8 cm³/mol. The molecule has 0 aliphatic rings. The molecular weight excluding hydrogens is 309 g/mol. The molecule has 22 heavy (non-hydrogen) atoms. The fraction of sp³-hybridized carbons (Fsp3) is 0.625. The average Bonchev–Trinajstić information content (AvgIpc) is 2.47. The summed E-state index contributed by atoms with van der Waals surface area (Å²) >= 11 is 0. The molecular formula is C16H24F3O2Si. The summed E-state index contributed by atoms with van der Waals surface area (Å²) in [6.45, 7) is 5.24. The van der Waals surface area contributed by atoms with Gasteiger partial charge in [-0.05, 0) is 44.4 Å². The van der Waals surface area contributed by atoms with E-state index < -0.39 is 21.0 Å². The Morgan fingerprint density at radius 2 is 1.68 bits per heavy atom. The highest BCUT2D eigenvalue weighted by atomic mass is 28.3. The second kappa shape index (κ2) is 10.0. The summed E-state index contributed by atoms with van der Waals surface area (Å²) < 4.78 is 49.0. The zero-order chi connectivity index (χ0) is 16.4. The second-order valence-electron chi connectivity index (χ2n) is 5.00. The van der Waals surface area contributed by atoms with Crippen LogP contribution in [-0.4, -0.2) is 22.5 Å². The molecule has 0 amide bonds. The number of unbranched alkanes of at least 4 members (excludes halogenated alkanes) is 2. The maximum absolute atomic E-state index is 12.6. The molecule has 0 unspecified atom stereocenters. The largest absolute Gasteiger partial charge is 0.416 e. The van der Waals surface area contributed by atoms with E-state index in [4.69, 9.17) is 8.85 Å². The molecule has 1 radical (unpaired) electrons. The Kier molecular flexibility index (Phi) is 8.74. The number of benzene rings is 1. The molecule has 0 atom stereocenters. The summed E-state index contributed by atoms with van der Waals surface area (Å²) in [6.07, 6.45) is -0.732. The number of alkyl halides is 3. The van der Waals surface area contributed by atoms with Gasteiger partial charge in [0.1, 0.15) is 0 Å². The van der Waals surface area contributed by atoms with E-state index in [1.165, 1.54) is 12.1 Å². The average molecular weight is 333 g/mol. The molecule has 1 rings (SSSR count). The maximum atomic E-state index is 12.6. The third-order valence-electron chi connectivity index (χ3n) is 3.21. The molecule has 0 saturated carbocycles. The summed E-state index contributed by atoms with van der Waals surface area (Å²) in [4.78, 5) is 0. The molecule has 6 heteroatoms. The molecule has 0 heterocycles. The molecule has 0 aliphatic carbocycles. The van der Waals surface area contributed by atoms with Crippen LogP contribution in [0.2, 0.25) is 6.04 Å². The van der Waals surface area contributed by atoms with Crippen LogP contribution in [-0.2, 0) is 21.4 Å². The van der Waals surface area contributed by atoms with Crippen molar-refractivity contribution in [1.29, 1.82) is 0 Å². The van der Waals surface area contributed by atoms with Crippen LogP contribution in [0.1, 0.15) is 44.2 Å². The Morgan fingerprint density at radius 3 is 2.27 bits per heavy atom. The van der Waals surface area contributed by atoms with Crippen LogP contribution in [0.3, 0.4) is 0 Å².